The van der Waals surface area contributed by atoms with Crippen LogP contribution in [0.15, 0.2) is 12.4 Å². The molecule has 5 nitrogen and oxygen atoms in total. The summed E-state index contributed by atoms with van der Waals surface area (Å²) in [5.74, 6) is 1.92. The van der Waals surface area contributed by atoms with E-state index in [9.17, 15) is 0 Å². The van der Waals surface area contributed by atoms with Crippen LogP contribution in [0.5, 0.6) is 0 Å². The number of nitrogens with one attached hydrogen (secondary N) is 1. The SMILES string of the molecule is C[C@@H](C1CCN(Cc2ncc[nH]2)CC1)N1CCOCC1. The summed E-state index contributed by atoms with van der Waals surface area (Å²) in [5, 5.41) is 0. The number of aromatic nitrogens is 2. The Bertz CT molecular complexity index is 381. The lowest BCUT2D eigenvalue weighted by Gasteiger charge is -2.40. The summed E-state index contributed by atoms with van der Waals surface area (Å²) in [6.45, 7) is 9.77. The first-order valence-corrected chi connectivity index (χ1v) is 7.85. The van der Waals surface area contributed by atoms with E-state index in [-0.39, 0.29) is 0 Å². The molecule has 2 aliphatic rings. The Morgan fingerprint density at radius 2 is 2.05 bits per heavy atom. The van der Waals surface area contributed by atoms with Crippen LogP contribution in [0.1, 0.15) is 25.6 Å². The van der Waals surface area contributed by atoms with Gasteiger partial charge in [0.1, 0.15) is 5.82 Å². The second-order valence-corrected chi connectivity index (χ2v) is 6.04. The van der Waals surface area contributed by atoms with E-state index in [1.54, 1.807) is 0 Å². The smallest absolute Gasteiger partial charge is 0.120 e. The molecule has 5 heteroatoms. The average molecular weight is 278 g/mol. The van der Waals surface area contributed by atoms with Crippen molar-refractivity contribution in [2.45, 2.75) is 32.4 Å². The van der Waals surface area contributed by atoms with Gasteiger partial charge >= 0.3 is 0 Å². The standard InChI is InChI=1S/C15H26N4O/c1-13(19-8-10-20-11-9-19)14-2-6-18(7-3-14)12-15-16-4-5-17-15/h4-5,13-14H,2-3,6-12H2,1H3,(H,16,17)/t13-/m0/s1. The van der Waals surface area contributed by atoms with Gasteiger partial charge in [-0.15, -0.1) is 0 Å². The number of likely N-dealkylation sites (tertiary alicyclic amines) is 1. The third-order valence-electron chi connectivity index (χ3n) is 4.86. The monoisotopic (exact) mass is 278 g/mol. The summed E-state index contributed by atoms with van der Waals surface area (Å²) in [5.41, 5.74) is 0. The highest BCUT2D eigenvalue weighted by Gasteiger charge is 2.28. The maximum absolute atomic E-state index is 5.45. The van der Waals surface area contributed by atoms with Crippen LogP contribution in [0, 0.1) is 5.92 Å². The molecule has 0 bridgehead atoms. The Morgan fingerprint density at radius 3 is 2.70 bits per heavy atom. The number of H-pyrrole nitrogens is 1. The molecule has 0 aromatic carbocycles. The third-order valence-corrected chi connectivity index (χ3v) is 4.86. The molecule has 1 aromatic rings. The van der Waals surface area contributed by atoms with Crippen molar-refractivity contribution >= 4 is 0 Å². The molecule has 2 fully saturated rings. The zero-order valence-electron chi connectivity index (χ0n) is 12.4. The van der Waals surface area contributed by atoms with Gasteiger partial charge in [-0.25, -0.2) is 4.98 Å². The van der Waals surface area contributed by atoms with E-state index in [1.807, 2.05) is 12.4 Å². The Kier molecular flexibility index (Phi) is 4.70. The molecule has 3 rings (SSSR count). The number of aromatic amines is 1. The van der Waals surface area contributed by atoms with Gasteiger partial charge < -0.3 is 9.72 Å². The van der Waals surface area contributed by atoms with Gasteiger partial charge in [-0.3, -0.25) is 9.80 Å². The average Bonchev–Trinajstić information content (AvgIpc) is 3.01. The number of hydrogen-bond acceptors (Lipinski definition) is 4. The maximum atomic E-state index is 5.45. The van der Waals surface area contributed by atoms with E-state index in [0.717, 1.165) is 44.6 Å². The second-order valence-electron chi connectivity index (χ2n) is 6.04. The zero-order valence-corrected chi connectivity index (χ0v) is 12.4. The van der Waals surface area contributed by atoms with Gasteiger partial charge in [-0.1, -0.05) is 0 Å². The highest BCUT2D eigenvalue weighted by molar-refractivity contribution is 4.89. The summed E-state index contributed by atoms with van der Waals surface area (Å²) in [7, 11) is 0. The largest absolute Gasteiger partial charge is 0.379 e. The lowest BCUT2D eigenvalue weighted by Crippen LogP contribution is -2.48. The van der Waals surface area contributed by atoms with Crippen LogP contribution in [-0.4, -0.2) is 65.2 Å². The molecule has 1 aromatic heterocycles. The first-order valence-electron chi connectivity index (χ1n) is 7.85. The molecule has 0 spiro atoms. The van der Waals surface area contributed by atoms with E-state index in [4.69, 9.17) is 4.74 Å². The predicted molar refractivity (Wildman–Crippen MR) is 78.4 cm³/mol. The molecule has 0 unspecified atom stereocenters. The highest BCUT2D eigenvalue weighted by atomic mass is 16.5. The van der Waals surface area contributed by atoms with Crippen molar-refractivity contribution in [3.8, 4) is 0 Å². The van der Waals surface area contributed by atoms with E-state index < -0.39 is 0 Å². The van der Waals surface area contributed by atoms with Gasteiger partial charge in [0.2, 0.25) is 0 Å². The fourth-order valence-corrected chi connectivity index (χ4v) is 3.47. The van der Waals surface area contributed by atoms with E-state index in [2.05, 4.69) is 26.7 Å². The van der Waals surface area contributed by atoms with Crippen molar-refractivity contribution in [3.63, 3.8) is 0 Å². The molecule has 0 radical (unpaired) electrons. The normalized spacial score (nSPS) is 24.9. The van der Waals surface area contributed by atoms with Crippen molar-refractivity contribution < 1.29 is 4.74 Å². The van der Waals surface area contributed by atoms with Gasteiger partial charge in [0.15, 0.2) is 0 Å². The molecule has 2 saturated heterocycles. The molecule has 0 aliphatic carbocycles. The molecular formula is C15H26N4O. The second kappa shape index (κ2) is 6.70. The number of nitrogens with zero attached hydrogens (tertiary/aromatic N) is 3. The number of rotatable bonds is 4. The highest BCUT2D eigenvalue weighted by Crippen LogP contribution is 2.25. The first-order chi connectivity index (χ1) is 9.83. The molecule has 1 N–H and O–H groups in total. The van der Waals surface area contributed by atoms with Gasteiger partial charge in [0.05, 0.1) is 19.8 Å². The molecule has 112 valence electrons. The fraction of sp³-hybridized carbons (Fsp3) is 0.800. The quantitative estimate of drug-likeness (QED) is 0.903. The molecule has 3 heterocycles. The minimum Gasteiger partial charge on any atom is -0.379 e. The molecule has 1 atom stereocenters. The van der Waals surface area contributed by atoms with E-state index in [0.29, 0.717) is 6.04 Å². The van der Waals surface area contributed by atoms with Crippen LogP contribution >= 0.6 is 0 Å². The van der Waals surface area contributed by atoms with Crippen LogP contribution in [0.2, 0.25) is 0 Å². The van der Waals surface area contributed by atoms with Gasteiger partial charge in [0, 0.05) is 31.5 Å². The minimum atomic E-state index is 0.699. The fourth-order valence-electron chi connectivity index (χ4n) is 3.47. The topological polar surface area (TPSA) is 44.4 Å². The predicted octanol–water partition coefficient (Wildman–Crippen LogP) is 1.34. The van der Waals surface area contributed by atoms with Crippen LogP contribution in [0.3, 0.4) is 0 Å². The summed E-state index contributed by atoms with van der Waals surface area (Å²) < 4.78 is 5.45. The summed E-state index contributed by atoms with van der Waals surface area (Å²) in [6, 6.07) is 0.699. The molecule has 20 heavy (non-hydrogen) atoms. The number of imidazole rings is 1. The van der Waals surface area contributed by atoms with E-state index >= 15 is 0 Å². The summed E-state index contributed by atoms with van der Waals surface area (Å²) in [6.07, 6.45) is 6.35. The first kappa shape index (κ1) is 14.0. The van der Waals surface area contributed by atoms with Crippen LogP contribution in [-0.2, 0) is 11.3 Å². The number of ether oxygens (including phenoxy) is 1. The molecule has 2 aliphatic heterocycles. The Balaban J connectivity index is 1.45. The van der Waals surface area contributed by atoms with Crippen molar-refractivity contribution in [1.29, 1.82) is 0 Å². The lowest BCUT2D eigenvalue weighted by atomic mass is 9.89. The third kappa shape index (κ3) is 3.40. The van der Waals surface area contributed by atoms with Crippen molar-refractivity contribution in [1.82, 2.24) is 19.8 Å². The van der Waals surface area contributed by atoms with Crippen LogP contribution in [0.25, 0.3) is 0 Å². The zero-order chi connectivity index (χ0) is 13.8. The van der Waals surface area contributed by atoms with Crippen molar-refractivity contribution in [2.75, 3.05) is 39.4 Å². The maximum Gasteiger partial charge on any atom is 0.120 e. The van der Waals surface area contributed by atoms with Gasteiger partial charge in [-0.05, 0) is 38.8 Å². The molecule has 0 amide bonds. The van der Waals surface area contributed by atoms with Gasteiger partial charge in [0.25, 0.3) is 0 Å². The Hall–Kier alpha value is -0.910. The number of morpholine rings is 1. The summed E-state index contributed by atoms with van der Waals surface area (Å²) in [4.78, 5) is 12.6. The molecule has 0 saturated carbocycles. The Labute approximate surface area is 121 Å². The lowest BCUT2D eigenvalue weighted by molar-refractivity contribution is -0.00203. The van der Waals surface area contributed by atoms with Gasteiger partial charge in [-0.2, -0.15) is 0 Å². The Morgan fingerprint density at radius 1 is 1.30 bits per heavy atom. The number of piperidine rings is 1. The minimum absolute atomic E-state index is 0.699. The van der Waals surface area contributed by atoms with Crippen molar-refractivity contribution in [2.24, 2.45) is 5.92 Å². The number of hydrogen-bond donors (Lipinski definition) is 1. The molecular weight excluding hydrogens is 252 g/mol. The van der Waals surface area contributed by atoms with Crippen LogP contribution in [0.4, 0.5) is 0 Å². The van der Waals surface area contributed by atoms with E-state index in [1.165, 1.54) is 25.9 Å². The van der Waals surface area contributed by atoms with Crippen LogP contribution < -0.4 is 0 Å². The summed E-state index contributed by atoms with van der Waals surface area (Å²) >= 11 is 0. The van der Waals surface area contributed by atoms with Crippen molar-refractivity contribution in [3.05, 3.63) is 18.2 Å².